The molecule has 0 amide bonds. The number of hydrogen-bond donors (Lipinski definition) is 0. The van der Waals surface area contributed by atoms with E-state index in [1.165, 1.54) is 51.4 Å². The van der Waals surface area contributed by atoms with Crippen LogP contribution in [0.2, 0.25) is 0 Å². The van der Waals surface area contributed by atoms with Crippen LogP contribution in [0.1, 0.15) is 117 Å². The van der Waals surface area contributed by atoms with Crippen LogP contribution in [-0.4, -0.2) is 11.9 Å². The molecule has 0 radical (unpaired) electrons. The molecule has 0 aliphatic rings. The van der Waals surface area contributed by atoms with Crippen molar-refractivity contribution in [1.82, 2.24) is 0 Å². The fourth-order valence-electron chi connectivity index (χ4n) is 7.76. The van der Waals surface area contributed by atoms with Crippen molar-refractivity contribution in [2.45, 2.75) is 117 Å². The van der Waals surface area contributed by atoms with Crippen molar-refractivity contribution in [3.8, 4) is 22.6 Å². The topological polar surface area (TPSA) is 52.6 Å². The van der Waals surface area contributed by atoms with Crippen molar-refractivity contribution >= 4 is 86.9 Å². The van der Waals surface area contributed by atoms with Crippen molar-refractivity contribution in [1.29, 1.82) is 0 Å². The average molecular weight is 853 g/mol. The molecule has 0 unspecified atom stereocenters. The summed E-state index contributed by atoms with van der Waals surface area (Å²) in [6.45, 7) is 4.46. The molecule has 0 atom stereocenters. The molecule has 6 heteroatoms. The van der Waals surface area contributed by atoms with Crippen LogP contribution in [0.15, 0.2) is 93.9 Å². The summed E-state index contributed by atoms with van der Waals surface area (Å²) in [7, 11) is 0. The maximum absolute atomic E-state index is 13.4. The van der Waals surface area contributed by atoms with E-state index in [1.54, 1.807) is 0 Å². The molecular formula is C48H52Br2O4. The molecule has 282 valence electrons. The Kier molecular flexibility index (Phi) is 14.6. The van der Waals surface area contributed by atoms with Crippen LogP contribution in [0.25, 0.3) is 54.2 Å². The Labute approximate surface area is 337 Å². The molecule has 0 spiro atoms. The highest BCUT2D eigenvalue weighted by Gasteiger charge is 2.24. The molecule has 0 fully saturated rings. The van der Waals surface area contributed by atoms with Crippen LogP contribution in [0.5, 0.6) is 11.5 Å². The fourth-order valence-corrected chi connectivity index (χ4v) is 8.48. The lowest BCUT2D eigenvalue weighted by atomic mass is 9.85. The summed E-state index contributed by atoms with van der Waals surface area (Å²) in [6, 6.07) is 28.8. The lowest BCUT2D eigenvalue weighted by molar-refractivity contribution is -0.135. The highest BCUT2D eigenvalue weighted by molar-refractivity contribution is 9.10. The molecule has 0 saturated carbocycles. The number of unbranched alkanes of at least 4 members (excludes halogenated alkanes) is 12. The van der Waals surface area contributed by atoms with E-state index in [9.17, 15) is 9.59 Å². The van der Waals surface area contributed by atoms with E-state index in [0.29, 0.717) is 24.3 Å². The first-order valence-corrected chi connectivity index (χ1v) is 21.7. The number of benzene rings is 6. The van der Waals surface area contributed by atoms with Crippen molar-refractivity contribution in [3.63, 3.8) is 0 Å². The summed E-state index contributed by atoms with van der Waals surface area (Å²) in [5, 5.41) is 7.41. The van der Waals surface area contributed by atoms with E-state index in [4.69, 9.17) is 9.47 Å². The van der Waals surface area contributed by atoms with Crippen LogP contribution in [0.3, 0.4) is 0 Å². The van der Waals surface area contributed by atoms with Crippen LogP contribution in [0, 0.1) is 0 Å². The minimum Gasteiger partial charge on any atom is -0.425 e. The van der Waals surface area contributed by atoms with Crippen molar-refractivity contribution < 1.29 is 19.1 Å². The third-order valence-electron chi connectivity index (χ3n) is 10.5. The third kappa shape index (κ3) is 9.55. The molecule has 0 bridgehead atoms. The third-order valence-corrected chi connectivity index (χ3v) is 11.5. The summed E-state index contributed by atoms with van der Waals surface area (Å²) in [5.74, 6) is 0.785. The summed E-state index contributed by atoms with van der Waals surface area (Å²) in [6.07, 6.45) is 16.8. The largest absolute Gasteiger partial charge is 0.425 e. The first-order chi connectivity index (χ1) is 26.4. The number of carbonyl (C=O) groups excluding carboxylic acids is 2. The Morgan fingerprint density at radius 3 is 1.15 bits per heavy atom. The fraction of sp³-hybridized carbons (Fsp3) is 0.375. The van der Waals surface area contributed by atoms with Crippen LogP contribution in [0.4, 0.5) is 0 Å². The van der Waals surface area contributed by atoms with E-state index in [1.807, 2.05) is 48.5 Å². The maximum Gasteiger partial charge on any atom is 0.311 e. The van der Waals surface area contributed by atoms with Crippen LogP contribution >= 0.6 is 31.9 Å². The van der Waals surface area contributed by atoms with Gasteiger partial charge >= 0.3 is 11.9 Å². The predicted molar refractivity (Wildman–Crippen MR) is 234 cm³/mol. The van der Waals surface area contributed by atoms with Gasteiger partial charge in [-0.15, -0.1) is 0 Å². The number of esters is 2. The van der Waals surface area contributed by atoms with Crippen LogP contribution in [-0.2, 0) is 9.59 Å². The molecule has 0 aliphatic heterocycles. The van der Waals surface area contributed by atoms with Gasteiger partial charge in [0.05, 0.1) is 0 Å². The molecule has 6 aromatic rings. The Hall–Kier alpha value is -3.74. The number of carbonyl (C=O) groups is 2. The highest BCUT2D eigenvalue weighted by Crippen LogP contribution is 2.50. The highest BCUT2D eigenvalue weighted by atomic mass is 79.9. The zero-order valence-electron chi connectivity index (χ0n) is 31.8. The second-order valence-corrected chi connectivity index (χ2v) is 16.4. The normalized spacial score (nSPS) is 11.6. The second-order valence-electron chi connectivity index (χ2n) is 14.6. The van der Waals surface area contributed by atoms with Crippen molar-refractivity contribution in [3.05, 3.63) is 93.9 Å². The predicted octanol–water partition coefficient (Wildman–Crippen LogP) is 15.6. The molecular weight excluding hydrogens is 800 g/mol. The van der Waals surface area contributed by atoms with Gasteiger partial charge in [-0.3, -0.25) is 9.59 Å². The van der Waals surface area contributed by atoms with Gasteiger partial charge in [0.2, 0.25) is 0 Å². The van der Waals surface area contributed by atoms with Gasteiger partial charge in [0, 0.05) is 43.3 Å². The zero-order valence-corrected chi connectivity index (χ0v) is 35.0. The van der Waals surface area contributed by atoms with Gasteiger partial charge in [0.25, 0.3) is 0 Å². The minimum absolute atomic E-state index is 0.201. The Bertz CT molecular complexity index is 2080. The number of fused-ring (bicyclic) bond motifs is 4. The lowest BCUT2D eigenvalue weighted by Crippen LogP contribution is -2.09. The summed E-state index contributed by atoms with van der Waals surface area (Å²) < 4.78 is 14.5. The smallest absolute Gasteiger partial charge is 0.311 e. The first kappa shape index (κ1) is 39.9. The number of ether oxygens (including phenoxy) is 2. The molecule has 0 saturated heterocycles. The van der Waals surface area contributed by atoms with Gasteiger partial charge < -0.3 is 9.47 Å². The summed E-state index contributed by atoms with van der Waals surface area (Å²) >= 11 is 7.52. The number of halogens is 2. The molecule has 6 aromatic carbocycles. The molecule has 54 heavy (non-hydrogen) atoms. The summed E-state index contributed by atoms with van der Waals surface area (Å²) in [4.78, 5) is 26.9. The van der Waals surface area contributed by atoms with E-state index in [0.717, 1.165) is 102 Å². The molecule has 0 N–H and O–H groups in total. The van der Waals surface area contributed by atoms with Crippen molar-refractivity contribution in [2.24, 2.45) is 0 Å². The van der Waals surface area contributed by atoms with Gasteiger partial charge in [-0.2, -0.15) is 0 Å². The van der Waals surface area contributed by atoms with E-state index >= 15 is 0 Å². The molecule has 0 aliphatic carbocycles. The maximum atomic E-state index is 13.4. The SMILES string of the molecule is CCCCCCCCCC(=O)Oc1c2ccccc2c(-c2c3ccccc3c(OC(=O)CCCCCCCCC)c3ccc(Br)cc23)c2cc(Br)ccc12. The molecule has 6 rings (SSSR count). The van der Waals surface area contributed by atoms with Gasteiger partial charge in [-0.25, -0.2) is 0 Å². The van der Waals surface area contributed by atoms with E-state index in [2.05, 4.69) is 82.1 Å². The van der Waals surface area contributed by atoms with Crippen molar-refractivity contribution in [2.75, 3.05) is 0 Å². The van der Waals surface area contributed by atoms with Gasteiger partial charge in [-0.05, 0) is 81.9 Å². The number of rotatable bonds is 19. The Morgan fingerprint density at radius 2 is 0.759 bits per heavy atom. The Morgan fingerprint density at radius 1 is 0.426 bits per heavy atom. The molecule has 0 aromatic heterocycles. The van der Waals surface area contributed by atoms with Gasteiger partial charge in [0.1, 0.15) is 11.5 Å². The van der Waals surface area contributed by atoms with E-state index < -0.39 is 0 Å². The first-order valence-electron chi connectivity index (χ1n) is 20.1. The average Bonchev–Trinajstić information content (AvgIpc) is 3.17. The quantitative estimate of drug-likeness (QED) is 0.0352. The summed E-state index contributed by atoms with van der Waals surface area (Å²) in [5.41, 5.74) is 2.07. The molecule has 0 heterocycles. The van der Waals surface area contributed by atoms with Gasteiger partial charge in [-0.1, -0.05) is 171 Å². The second kappa shape index (κ2) is 19.7. The monoisotopic (exact) mass is 850 g/mol. The van der Waals surface area contributed by atoms with E-state index in [-0.39, 0.29) is 11.9 Å². The lowest BCUT2D eigenvalue weighted by Gasteiger charge is -2.21. The van der Waals surface area contributed by atoms with Gasteiger partial charge in [0.15, 0.2) is 0 Å². The van der Waals surface area contributed by atoms with Crippen LogP contribution < -0.4 is 9.47 Å². The number of hydrogen-bond acceptors (Lipinski definition) is 4. The standard InChI is InChI=1S/C48H52Br2O4/c1-3-5-7-9-11-13-15-25-43(51)53-47-37-23-19-17-21-35(37)45(41-31-33(49)27-29-39(41)47)46-36-22-18-20-24-38(36)48(40-30-28-34(50)32-42(40)46)54-44(52)26-16-14-12-10-8-6-4-2/h17-24,27-32H,3-16,25-26H2,1-2H3. The molecule has 4 nitrogen and oxygen atoms in total. The minimum atomic E-state index is -0.201. The zero-order chi connectivity index (χ0) is 37.9. The Balaban J connectivity index is 1.43.